The van der Waals surface area contributed by atoms with Crippen LogP contribution in [-0.2, 0) is 11.0 Å². The van der Waals surface area contributed by atoms with Gasteiger partial charge in [0.2, 0.25) is 5.91 Å². The average molecular weight is 367 g/mol. The van der Waals surface area contributed by atoms with E-state index < -0.39 is 17.3 Å². The van der Waals surface area contributed by atoms with Gasteiger partial charge in [-0.15, -0.1) is 0 Å². The van der Waals surface area contributed by atoms with Gasteiger partial charge in [-0.1, -0.05) is 12.1 Å². The van der Waals surface area contributed by atoms with E-state index in [9.17, 15) is 23.1 Å². The van der Waals surface area contributed by atoms with E-state index >= 15 is 0 Å². The molecule has 0 heterocycles. The molecule has 4 saturated carbocycles. The minimum Gasteiger partial charge on any atom is -0.390 e. The second-order valence-corrected chi connectivity index (χ2v) is 8.78. The number of halogens is 3. The molecular formula is C20H24F3NO2. The fourth-order valence-corrected chi connectivity index (χ4v) is 6.13. The molecule has 4 aliphatic rings. The third kappa shape index (κ3) is 3.36. The van der Waals surface area contributed by atoms with Gasteiger partial charge in [0.25, 0.3) is 0 Å². The van der Waals surface area contributed by atoms with Crippen molar-refractivity contribution in [3.8, 4) is 0 Å². The highest BCUT2D eigenvalue weighted by atomic mass is 19.4. The molecule has 2 atom stereocenters. The third-order valence-electron chi connectivity index (χ3n) is 6.54. The molecule has 5 rings (SSSR count). The van der Waals surface area contributed by atoms with E-state index in [-0.39, 0.29) is 23.4 Å². The number of benzene rings is 1. The van der Waals surface area contributed by atoms with E-state index in [1.165, 1.54) is 24.6 Å². The summed E-state index contributed by atoms with van der Waals surface area (Å²) in [4.78, 5) is 12.3. The molecule has 1 amide bonds. The Morgan fingerprint density at radius 1 is 1.15 bits per heavy atom. The molecular weight excluding hydrogens is 343 g/mol. The highest BCUT2D eigenvalue weighted by Crippen LogP contribution is 2.63. The smallest absolute Gasteiger partial charge is 0.390 e. The number of amides is 1. The summed E-state index contributed by atoms with van der Waals surface area (Å²) in [6.07, 6.45) is 2.08. The minimum absolute atomic E-state index is 0.0142. The number of hydrogen-bond acceptors (Lipinski definition) is 2. The quantitative estimate of drug-likeness (QED) is 0.806. The van der Waals surface area contributed by atoms with E-state index in [1.54, 1.807) is 0 Å². The van der Waals surface area contributed by atoms with Gasteiger partial charge in [0.1, 0.15) is 0 Å². The maximum atomic E-state index is 13.1. The first-order valence-corrected chi connectivity index (χ1v) is 9.35. The topological polar surface area (TPSA) is 49.3 Å². The fourth-order valence-electron chi connectivity index (χ4n) is 6.13. The van der Waals surface area contributed by atoms with E-state index in [2.05, 4.69) is 5.32 Å². The molecule has 142 valence electrons. The Morgan fingerprint density at radius 2 is 1.81 bits per heavy atom. The normalized spacial score (nSPS) is 35.5. The molecule has 0 aliphatic heterocycles. The zero-order valence-electron chi connectivity index (χ0n) is 14.6. The number of carbonyl (C=O) groups excluding carboxylic acids is 1. The van der Waals surface area contributed by atoms with Gasteiger partial charge in [-0.2, -0.15) is 13.2 Å². The van der Waals surface area contributed by atoms with Gasteiger partial charge in [-0.3, -0.25) is 4.79 Å². The van der Waals surface area contributed by atoms with Crippen LogP contribution in [0, 0.1) is 17.3 Å². The molecule has 0 radical (unpaired) electrons. The molecule has 4 aliphatic carbocycles. The van der Waals surface area contributed by atoms with Crippen LogP contribution in [0.3, 0.4) is 0 Å². The Balaban J connectivity index is 1.41. The predicted molar refractivity (Wildman–Crippen MR) is 91.4 cm³/mol. The molecule has 1 aromatic carbocycles. The molecule has 4 bridgehead atoms. The average Bonchev–Trinajstić information content (AvgIpc) is 2.50. The van der Waals surface area contributed by atoms with Crippen LogP contribution in [0.25, 0.3) is 0 Å². The lowest BCUT2D eigenvalue weighted by molar-refractivity contribution is -0.166. The van der Waals surface area contributed by atoms with Crippen LogP contribution in [0.4, 0.5) is 18.9 Å². The van der Waals surface area contributed by atoms with Gasteiger partial charge in [-0.05, 0) is 74.3 Å². The first-order valence-electron chi connectivity index (χ1n) is 9.35. The lowest BCUT2D eigenvalue weighted by Gasteiger charge is -2.60. The molecule has 3 nitrogen and oxygen atoms in total. The lowest BCUT2D eigenvalue weighted by atomic mass is 9.47. The van der Waals surface area contributed by atoms with Gasteiger partial charge in [0, 0.05) is 6.42 Å². The van der Waals surface area contributed by atoms with Crippen molar-refractivity contribution in [3.05, 3.63) is 29.8 Å². The molecule has 0 spiro atoms. The number of alkyl halides is 3. The molecule has 0 aromatic heterocycles. The molecule has 26 heavy (non-hydrogen) atoms. The summed E-state index contributed by atoms with van der Waals surface area (Å²) < 4.78 is 39.2. The van der Waals surface area contributed by atoms with Gasteiger partial charge in [0.05, 0.1) is 16.9 Å². The van der Waals surface area contributed by atoms with Crippen LogP contribution in [0.1, 0.15) is 56.9 Å². The first-order chi connectivity index (χ1) is 12.2. The molecule has 6 heteroatoms. The van der Waals surface area contributed by atoms with Crippen LogP contribution < -0.4 is 5.32 Å². The maximum absolute atomic E-state index is 13.1. The van der Waals surface area contributed by atoms with Crippen LogP contribution in [0.5, 0.6) is 0 Å². The molecule has 2 N–H and O–H groups in total. The summed E-state index contributed by atoms with van der Waals surface area (Å²) in [5, 5.41) is 13.2. The number of anilines is 1. The number of hydrogen-bond donors (Lipinski definition) is 2. The van der Waals surface area contributed by atoms with Gasteiger partial charge in [-0.25, -0.2) is 0 Å². The summed E-state index contributed by atoms with van der Waals surface area (Å²) in [7, 11) is 0. The van der Waals surface area contributed by atoms with Gasteiger partial charge in [0.15, 0.2) is 0 Å². The van der Waals surface area contributed by atoms with Crippen LogP contribution in [0.2, 0.25) is 0 Å². The molecule has 0 saturated heterocycles. The second kappa shape index (κ2) is 5.98. The number of aliphatic hydroxyl groups is 1. The van der Waals surface area contributed by atoms with Crippen molar-refractivity contribution in [2.45, 2.75) is 63.1 Å². The molecule has 2 unspecified atom stereocenters. The van der Waals surface area contributed by atoms with Crippen molar-refractivity contribution >= 4 is 11.6 Å². The third-order valence-corrected chi connectivity index (χ3v) is 6.54. The fraction of sp³-hybridized carbons (Fsp3) is 0.650. The minimum atomic E-state index is -4.49. The van der Waals surface area contributed by atoms with Crippen molar-refractivity contribution in [1.82, 2.24) is 0 Å². The monoisotopic (exact) mass is 367 g/mol. The van der Waals surface area contributed by atoms with E-state index in [4.69, 9.17) is 0 Å². The predicted octanol–water partition coefficient (Wildman–Crippen LogP) is 4.76. The number of nitrogens with one attached hydrogen (secondary N) is 1. The van der Waals surface area contributed by atoms with Gasteiger partial charge < -0.3 is 10.4 Å². The van der Waals surface area contributed by atoms with Crippen molar-refractivity contribution < 1.29 is 23.1 Å². The Labute approximate surface area is 151 Å². The second-order valence-electron chi connectivity index (χ2n) is 8.78. The Bertz CT molecular complexity index is 701. The van der Waals surface area contributed by atoms with Crippen LogP contribution in [-0.4, -0.2) is 16.6 Å². The number of rotatable bonds is 4. The standard InChI is InChI=1S/C20H24F3NO2/c21-20(22,23)15-3-1-2-4-16(15)24-17(25)5-6-18-8-13-7-14(9-18)11-19(26,10-13)12-18/h1-4,13-14,26H,5-12H2,(H,24,25). The van der Waals surface area contributed by atoms with Crippen molar-refractivity contribution in [2.24, 2.45) is 17.3 Å². The van der Waals surface area contributed by atoms with E-state index in [0.29, 0.717) is 18.3 Å². The van der Waals surface area contributed by atoms with E-state index in [0.717, 1.165) is 38.2 Å². The number of carbonyl (C=O) groups is 1. The summed E-state index contributed by atoms with van der Waals surface area (Å²) in [6.45, 7) is 0. The molecule has 4 fully saturated rings. The van der Waals surface area contributed by atoms with Gasteiger partial charge >= 0.3 is 6.18 Å². The number of para-hydroxylation sites is 1. The zero-order chi connectivity index (χ0) is 18.6. The zero-order valence-corrected chi connectivity index (χ0v) is 14.6. The van der Waals surface area contributed by atoms with Crippen molar-refractivity contribution in [3.63, 3.8) is 0 Å². The van der Waals surface area contributed by atoms with Crippen molar-refractivity contribution in [1.29, 1.82) is 0 Å². The lowest BCUT2D eigenvalue weighted by Crippen LogP contribution is -2.55. The summed E-state index contributed by atoms with van der Waals surface area (Å²) in [5.41, 5.74) is -1.60. The molecule has 1 aromatic rings. The Morgan fingerprint density at radius 3 is 2.42 bits per heavy atom. The SMILES string of the molecule is O=C(CCC12CC3CC(CC(O)(C3)C1)C2)Nc1ccccc1C(F)(F)F. The summed E-state index contributed by atoms with van der Waals surface area (Å²) in [6, 6.07) is 5.06. The Hall–Kier alpha value is -1.56. The first kappa shape index (κ1) is 17.8. The van der Waals surface area contributed by atoms with Crippen LogP contribution in [0.15, 0.2) is 24.3 Å². The highest BCUT2D eigenvalue weighted by Gasteiger charge is 2.56. The highest BCUT2D eigenvalue weighted by molar-refractivity contribution is 5.91. The largest absolute Gasteiger partial charge is 0.418 e. The Kier molecular flexibility index (Phi) is 4.10. The van der Waals surface area contributed by atoms with E-state index in [1.807, 2.05) is 0 Å². The summed E-state index contributed by atoms with van der Waals surface area (Å²) >= 11 is 0. The summed E-state index contributed by atoms with van der Waals surface area (Å²) in [5.74, 6) is 0.690. The van der Waals surface area contributed by atoms with Crippen LogP contribution >= 0.6 is 0 Å². The maximum Gasteiger partial charge on any atom is 0.418 e. The van der Waals surface area contributed by atoms with Crippen molar-refractivity contribution in [2.75, 3.05) is 5.32 Å².